The van der Waals surface area contributed by atoms with Gasteiger partial charge in [0.25, 0.3) is 0 Å². The van der Waals surface area contributed by atoms with Crippen molar-refractivity contribution in [1.82, 2.24) is 15.1 Å². The Kier molecular flexibility index (Phi) is 6.41. The van der Waals surface area contributed by atoms with E-state index in [4.69, 9.17) is 0 Å². The van der Waals surface area contributed by atoms with E-state index in [1.807, 2.05) is 19.4 Å². The number of anilines is 2. The third kappa shape index (κ3) is 4.30. The molecule has 1 aromatic carbocycles. The second kappa shape index (κ2) is 8.15. The summed E-state index contributed by atoms with van der Waals surface area (Å²) in [6, 6.07) is 6.17. The first kappa shape index (κ1) is 19.7. The molecule has 2 heterocycles. The molecule has 0 radical (unpaired) electrons. The molecule has 3 rings (SSSR count). The van der Waals surface area contributed by atoms with E-state index in [9.17, 15) is 8.78 Å². The Morgan fingerprint density at radius 2 is 2.08 bits per heavy atom. The molecule has 0 spiro atoms. The first-order chi connectivity index (χ1) is 11.5. The molecule has 138 valence electrons. The lowest BCUT2D eigenvalue weighted by molar-refractivity contribution is 0.121. The Morgan fingerprint density at radius 3 is 2.68 bits per heavy atom. The van der Waals surface area contributed by atoms with Crippen LogP contribution in [0.25, 0.3) is 0 Å². The van der Waals surface area contributed by atoms with Gasteiger partial charge in [0.1, 0.15) is 0 Å². The van der Waals surface area contributed by atoms with Gasteiger partial charge in [0.05, 0.1) is 11.9 Å². The van der Waals surface area contributed by atoms with E-state index in [0.717, 1.165) is 35.5 Å². The van der Waals surface area contributed by atoms with Gasteiger partial charge in [-0.05, 0) is 50.1 Å². The summed E-state index contributed by atoms with van der Waals surface area (Å²) >= 11 is 0. The molecule has 0 aliphatic carbocycles. The van der Waals surface area contributed by atoms with E-state index < -0.39 is 6.43 Å². The molecular formula is C18H25ClF2N4. The highest BCUT2D eigenvalue weighted by Crippen LogP contribution is 2.34. The maximum Gasteiger partial charge on any atom is 0.240 e. The quantitative estimate of drug-likeness (QED) is 0.855. The third-order valence-electron chi connectivity index (χ3n) is 4.47. The molecule has 1 aromatic heterocycles. The van der Waals surface area contributed by atoms with Gasteiger partial charge >= 0.3 is 0 Å². The number of alkyl halides is 2. The number of halogens is 3. The summed E-state index contributed by atoms with van der Waals surface area (Å²) in [5, 5.41) is 7.48. The van der Waals surface area contributed by atoms with Gasteiger partial charge in [-0.1, -0.05) is 6.07 Å². The van der Waals surface area contributed by atoms with Crippen LogP contribution in [0.3, 0.4) is 0 Å². The zero-order valence-corrected chi connectivity index (χ0v) is 15.6. The summed E-state index contributed by atoms with van der Waals surface area (Å²) in [4.78, 5) is 2.18. The van der Waals surface area contributed by atoms with Crippen molar-refractivity contribution in [3.63, 3.8) is 0 Å². The molecule has 4 nitrogen and oxygen atoms in total. The van der Waals surface area contributed by atoms with Gasteiger partial charge in [-0.25, -0.2) is 8.78 Å². The molecule has 7 heteroatoms. The molecule has 0 fully saturated rings. The Hall–Kier alpha value is -1.66. The minimum atomic E-state index is -2.31. The van der Waals surface area contributed by atoms with Crippen molar-refractivity contribution in [3.05, 3.63) is 41.7 Å². The van der Waals surface area contributed by atoms with Crippen molar-refractivity contribution in [2.24, 2.45) is 7.05 Å². The summed E-state index contributed by atoms with van der Waals surface area (Å²) in [6.07, 6.45) is 2.22. The number of fused-ring (bicyclic) bond motifs is 1. The fourth-order valence-electron chi connectivity index (χ4n) is 3.44. The second-order valence-electron chi connectivity index (χ2n) is 6.60. The van der Waals surface area contributed by atoms with Crippen LogP contribution < -0.4 is 10.2 Å². The molecule has 1 atom stereocenters. The maximum atomic E-state index is 12.9. The average Bonchev–Trinajstić information content (AvgIpc) is 2.93. The lowest BCUT2D eigenvalue weighted by atomic mass is 9.91. The predicted octanol–water partition coefficient (Wildman–Crippen LogP) is 4.23. The molecule has 1 aliphatic rings. The highest BCUT2D eigenvalue weighted by molar-refractivity contribution is 5.85. The van der Waals surface area contributed by atoms with Crippen molar-refractivity contribution in [1.29, 1.82) is 0 Å². The number of nitrogens with zero attached hydrogens (tertiary/aromatic N) is 3. The van der Waals surface area contributed by atoms with Crippen molar-refractivity contribution in [2.45, 2.75) is 45.2 Å². The Balaban J connectivity index is 0.00000225. The van der Waals surface area contributed by atoms with Gasteiger partial charge in [-0.2, -0.15) is 5.10 Å². The van der Waals surface area contributed by atoms with Gasteiger partial charge in [-0.15, -0.1) is 12.4 Å². The van der Waals surface area contributed by atoms with E-state index >= 15 is 0 Å². The third-order valence-corrected chi connectivity index (χ3v) is 4.47. The summed E-state index contributed by atoms with van der Waals surface area (Å²) < 4.78 is 27.6. The van der Waals surface area contributed by atoms with Crippen LogP contribution in [0.4, 0.5) is 20.2 Å². The van der Waals surface area contributed by atoms with Gasteiger partial charge in [0.15, 0.2) is 0 Å². The molecule has 1 aliphatic heterocycles. The van der Waals surface area contributed by atoms with Gasteiger partial charge in [-0.3, -0.25) is 4.68 Å². The first-order valence-corrected chi connectivity index (χ1v) is 8.38. The van der Waals surface area contributed by atoms with E-state index in [1.54, 1.807) is 4.68 Å². The second-order valence-corrected chi connectivity index (χ2v) is 6.60. The Morgan fingerprint density at radius 1 is 1.32 bits per heavy atom. The monoisotopic (exact) mass is 370 g/mol. The number of hydrogen-bond acceptors (Lipinski definition) is 3. The average molecular weight is 371 g/mol. The number of aromatic nitrogens is 2. The number of nitrogens with one attached hydrogen (secondary N) is 1. The number of rotatable bonds is 5. The molecule has 0 amide bonds. The van der Waals surface area contributed by atoms with Crippen LogP contribution in [-0.2, 0) is 13.5 Å². The predicted molar refractivity (Wildman–Crippen MR) is 99.2 cm³/mol. The van der Waals surface area contributed by atoms with E-state index in [1.165, 1.54) is 0 Å². The van der Waals surface area contributed by atoms with Crippen LogP contribution in [0.2, 0.25) is 0 Å². The van der Waals surface area contributed by atoms with E-state index in [-0.39, 0.29) is 30.9 Å². The molecular weight excluding hydrogens is 346 g/mol. The van der Waals surface area contributed by atoms with Crippen molar-refractivity contribution < 1.29 is 8.78 Å². The van der Waals surface area contributed by atoms with Crippen LogP contribution in [-0.4, -0.2) is 28.8 Å². The lowest BCUT2D eigenvalue weighted by Crippen LogP contribution is -2.32. The van der Waals surface area contributed by atoms with Crippen molar-refractivity contribution in [3.8, 4) is 0 Å². The SMILES string of the molecule is CC(C)N(c1ccc2c(c1)C(CC(F)F)NCC2)c1cnn(C)c1.Cl. The van der Waals surface area contributed by atoms with Gasteiger partial charge in [0, 0.05) is 37.4 Å². The Labute approximate surface area is 153 Å². The van der Waals surface area contributed by atoms with Crippen LogP contribution in [0.1, 0.15) is 37.4 Å². The smallest absolute Gasteiger partial charge is 0.240 e. The topological polar surface area (TPSA) is 33.1 Å². The summed E-state index contributed by atoms with van der Waals surface area (Å²) in [6.45, 7) is 4.98. The summed E-state index contributed by atoms with van der Waals surface area (Å²) in [5.41, 5.74) is 4.17. The molecule has 0 saturated heterocycles. The van der Waals surface area contributed by atoms with E-state index in [0.29, 0.717) is 0 Å². The minimum Gasteiger partial charge on any atom is -0.336 e. The summed E-state index contributed by atoms with van der Waals surface area (Å²) in [5.74, 6) is 0. The first-order valence-electron chi connectivity index (χ1n) is 8.38. The number of benzene rings is 1. The Bertz CT molecular complexity index is 702. The van der Waals surface area contributed by atoms with Gasteiger partial charge in [0.2, 0.25) is 6.43 Å². The lowest BCUT2D eigenvalue weighted by Gasteiger charge is -2.32. The zero-order chi connectivity index (χ0) is 17.3. The highest BCUT2D eigenvalue weighted by Gasteiger charge is 2.25. The van der Waals surface area contributed by atoms with Crippen LogP contribution in [0.5, 0.6) is 0 Å². The fraction of sp³-hybridized carbons (Fsp3) is 0.500. The number of hydrogen-bond donors (Lipinski definition) is 1. The standard InChI is InChI=1S/C18H24F2N4.ClH/c1-12(2)24(15-10-22-23(3)11-15)14-5-4-13-6-7-21-17(9-18(19)20)16(13)8-14;/h4-5,8,10-12,17-18,21H,6-7,9H2,1-3H3;1H. The van der Waals surface area contributed by atoms with Crippen molar-refractivity contribution in [2.75, 3.05) is 11.4 Å². The molecule has 25 heavy (non-hydrogen) atoms. The maximum absolute atomic E-state index is 12.9. The minimum absolute atomic E-state index is 0. The molecule has 1 N–H and O–H groups in total. The van der Waals surface area contributed by atoms with E-state index in [2.05, 4.69) is 47.4 Å². The van der Waals surface area contributed by atoms with Crippen LogP contribution >= 0.6 is 12.4 Å². The van der Waals surface area contributed by atoms with Gasteiger partial charge < -0.3 is 10.2 Å². The molecule has 2 aromatic rings. The van der Waals surface area contributed by atoms with Crippen LogP contribution in [0.15, 0.2) is 30.6 Å². The highest BCUT2D eigenvalue weighted by atomic mass is 35.5. The summed E-state index contributed by atoms with van der Waals surface area (Å²) in [7, 11) is 1.89. The molecule has 1 unspecified atom stereocenters. The van der Waals surface area contributed by atoms with Crippen molar-refractivity contribution >= 4 is 23.8 Å². The fourth-order valence-corrected chi connectivity index (χ4v) is 3.44. The van der Waals surface area contributed by atoms with Crippen LogP contribution in [0, 0.1) is 0 Å². The largest absolute Gasteiger partial charge is 0.336 e. The molecule has 0 saturated carbocycles. The zero-order valence-electron chi connectivity index (χ0n) is 14.7. The molecule has 0 bridgehead atoms. The number of aryl methyl sites for hydroxylation is 1. The normalized spacial score (nSPS) is 16.7.